The topological polar surface area (TPSA) is 0 Å². The lowest BCUT2D eigenvalue weighted by molar-refractivity contribution is 0.161. The molecule has 5 aliphatic carbocycles. The van der Waals surface area contributed by atoms with Gasteiger partial charge in [0.2, 0.25) is 0 Å². The van der Waals surface area contributed by atoms with Crippen LogP contribution in [0.1, 0.15) is 12.8 Å². The molecule has 0 radical (unpaired) electrons. The Kier molecular flexibility index (Phi) is 0.415. The molecule has 0 amide bonds. The lowest BCUT2D eigenvalue weighted by atomic mass is 9.70. The van der Waals surface area contributed by atoms with Gasteiger partial charge in [-0.25, -0.2) is 0 Å². The first kappa shape index (κ1) is 3.71. The van der Waals surface area contributed by atoms with E-state index in [0.717, 1.165) is 23.7 Å². The summed E-state index contributed by atoms with van der Waals surface area (Å²) < 4.78 is 0. The smallest absolute Gasteiger partial charge is 0.0165 e. The maximum Gasteiger partial charge on any atom is -0.0165 e. The second-order valence-electron chi connectivity index (χ2n) is 3.44. The second kappa shape index (κ2) is 0.896. The molecule has 0 aliphatic heterocycles. The lowest BCUT2D eigenvalue weighted by Gasteiger charge is -2.34. The van der Waals surface area contributed by atoms with E-state index in [0.29, 0.717) is 0 Å². The van der Waals surface area contributed by atoms with E-state index in [1.54, 1.807) is 0 Å². The molecule has 0 unspecified atom stereocenters. The van der Waals surface area contributed by atoms with Crippen molar-refractivity contribution in [3.63, 3.8) is 0 Å². The summed E-state index contributed by atoms with van der Waals surface area (Å²) in [6.07, 6.45) is 7.97. The molecular weight excluding hydrogens is 96.1 g/mol. The Labute approximate surface area is 49.6 Å². The van der Waals surface area contributed by atoms with Gasteiger partial charge in [-0.1, -0.05) is 12.2 Å². The van der Waals surface area contributed by atoms with Crippen molar-refractivity contribution in [2.75, 3.05) is 0 Å². The summed E-state index contributed by atoms with van der Waals surface area (Å²) in [5.41, 5.74) is 0. The third kappa shape index (κ3) is 0.195. The zero-order chi connectivity index (χ0) is 5.14. The van der Waals surface area contributed by atoms with Crippen molar-refractivity contribution in [3.8, 4) is 0 Å². The van der Waals surface area contributed by atoms with Gasteiger partial charge >= 0.3 is 0 Å². The molecule has 0 aromatic heterocycles. The maximum absolute atomic E-state index is 2.45. The average Bonchev–Trinajstić information content (AvgIpc) is 2.39. The number of hydrogen-bond donors (Lipinski definition) is 0. The summed E-state index contributed by atoms with van der Waals surface area (Å²) in [4.78, 5) is 0. The molecule has 0 aromatic carbocycles. The Morgan fingerprint density at radius 1 is 0.875 bits per heavy atom. The fraction of sp³-hybridized carbons (Fsp3) is 0.750. The predicted molar refractivity (Wildman–Crippen MR) is 32.3 cm³/mol. The molecule has 3 saturated carbocycles. The van der Waals surface area contributed by atoms with Gasteiger partial charge in [-0.3, -0.25) is 0 Å². The van der Waals surface area contributed by atoms with Crippen molar-refractivity contribution in [2.24, 2.45) is 23.7 Å². The molecule has 0 heteroatoms. The van der Waals surface area contributed by atoms with E-state index in [4.69, 9.17) is 0 Å². The van der Waals surface area contributed by atoms with Crippen LogP contribution in [0.4, 0.5) is 0 Å². The average molecular weight is 106 g/mol. The summed E-state index contributed by atoms with van der Waals surface area (Å²) in [5, 5.41) is 0. The number of fused-ring (bicyclic) bond motifs is 1. The minimum atomic E-state index is 1.06. The third-order valence-corrected chi connectivity index (χ3v) is 3.37. The first-order valence-electron chi connectivity index (χ1n) is 3.65. The molecule has 5 aliphatic rings. The van der Waals surface area contributed by atoms with Crippen LogP contribution < -0.4 is 0 Å². The summed E-state index contributed by atoms with van der Waals surface area (Å²) in [6, 6.07) is 0. The van der Waals surface area contributed by atoms with Crippen LogP contribution in [-0.4, -0.2) is 0 Å². The molecule has 8 heavy (non-hydrogen) atoms. The molecule has 5 rings (SSSR count). The van der Waals surface area contributed by atoms with E-state index in [2.05, 4.69) is 12.2 Å². The SMILES string of the molecule is C1=CC2C3CCC2C13. The van der Waals surface area contributed by atoms with Crippen LogP contribution in [0.15, 0.2) is 12.2 Å². The lowest BCUT2D eigenvalue weighted by Crippen LogP contribution is -2.30. The third-order valence-electron chi connectivity index (χ3n) is 3.37. The molecule has 4 bridgehead atoms. The quantitative estimate of drug-likeness (QED) is 0.413. The number of allylic oxidation sites excluding steroid dienone is 2. The van der Waals surface area contributed by atoms with Gasteiger partial charge < -0.3 is 0 Å². The van der Waals surface area contributed by atoms with Crippen molar-refractivity contribution < 1.29 is 0 Å². The van der Waals surface area contributed by atoms with Gasteiger partial charge in [-0.05, 0) is 36.5 Å². The number of hydrogen-bond acceptors (Lipinski definition) is 0. The van der Waals surface area contributed by atoms with Gasteiger partial charge in [0, 0.05) is 0 Å². The zero-order valence-corrected chi connectivity index (χ0v) is 4.88. The minimum Gasteiger partial charge on any atom is -0.0845 e. The highest BCUT2D eigenvalue weighted by Crippen LogP contribution is 2.63. The Morgan fingerprint density at radius 3 is 1.75 bits per heavy atom. The molecule has 3 fully saturated rings. The second-order valence-corrected chi connectivity index (χ2v) is 3.44. The van der Waals surface area contributed by atoms with Gasteiger partial charge in [0.1, 0.15) is 0 Å². The summed E-state index contributed by atoms with van der Waals surface area (Å²) in [6.45, 7) is 0. The highest BCUT2D eigenvalue weighted by atomic mass is 14.6. The van der Waals surface area contributed by atoms with Crippen molar-refractivity contribution in [3.05, 3.63) is 12.2 Å². The van der Waals surface area contributed by atoms with Crippen LogP contribution in [0.25, 0.3) is 0 Å². The summed E-state index contributed by atoms with van der Waals surface area (Å²) in [5.74, 6) is 4.36. The highest BCUT2D eigenvalue weighted by Gasteiger charge is 2.55. The minimum absolute atomic E-state index is 1.06. The van der Waals surface area contributed by atoms with E-state index < -0.39 is 0 Å². The standard InChI is InChI=1S/C8H10/c1-2-6-7-3-4-8(6)5(1)7/h1-2,5-8H,3-4H2. The van der Waals surface area contributed by atoms with Crippen LogP contribution in [0.5, 0.6) is 0 Å². The summed E-state index contributed by atoms with van der Waals surface area (Å²) in [7, 11) is 0. The molecular formula is C8H10. The van der Waals surface area contributed by atoms with Gasteiger partial charge in [-0.15, -0.1) is 0 Å². The van der Waals surface area contributed by atoms with Crippen LogP contribution in [0, 0.1) is 23.7 Å². The van der Waals surface area contributed by atoms with E-state index in [1.807, 2.05) is 0 Å². The van der Waals surface area contributed by atoms with Crippen LogP contribution in [-0.2, 0) is 0 Å². The Hall–Kier alpha value is -0.260. The number of rotatable bonds is 0. The highest BCUT2D eigenvalue weighted by molar-refractivity contribution is 5.23. The summed E-state index contributed by atoms with van der Waals surface area (Å²) >= 11 is 0. The van der Waals surface area contributed by atoms with E-state index >= 15 is 0 Å². The zero-order valence-electron chi connectivity index (χ0n) is 4.88. The molecule has 0 saturated heterocycles. The van der Waals surface area contributed by atoms with E-state index in [1.165, 1.54) is 12.8 Å². The van der Waals surface area contributed by atoms with Crippen molar-refractivity contribution in [1.82, 2.24) is 0 Å². The molecule has 0 atom stereocenters. The first-order valence-corrected chi connectivity index (χ1v) is 3.65. The van der Waals surface area contributed by atoms with Crippen LogP contribution in [0.3, 0.4) is 0 Å². The fourth-order valence-corrected chi connectivity index (χ4v) is 2.98. The molecule has 0 nitrogen and oxygen atoms in total. The molecule has 0 aromatic rings. The van der Waals surface area contributed by atoms with Gasteiger partial charge in [-0.2, -0.15) is 0 Å². The van der Waals surface area contributed by atoms with E-state index in [9.17, 15) is 0 Å². The molecule has 0 heterocycles. The largest absolute Gasteiger partial charge is 0.0845 e. The van der Waals surface area contributed by atoms with Crippen LogP contribution >= 0.6 is 0 Å². The monoisotopic (exact) mass is 106 g/mol. The molecule has 0 spiro atoms. The normalized spacial score (nSPS) is 64.0. The van der Waals surface area contributed by atoms with Crippen molar-refractivity contribution in [1.29, 1.82) is 0 Å². The van der Waals surface area contributed by atoms with Gasteiger partial charge in [0.05, 0.1) is 0 Å². The predicted octanol–water partition coefficient (Wildman–Crippen LogP) is 1.83. The Bertz CT molecular complexity index is 131. The van der Waals surface area contributed by atoms with Crippen LogP contribution in [0.2, 0.25) is 0 Å². The maximum atomic E-state index is 2.45. The van der Waals surface area contributed by atoms with Crippen molar-refractivity contribution in [2.45, 2.75) is 12.8 Å². The molecule has 42 valence electrons. The van der Waals surface area contributed by atoms with Gasteiger partial charge in [0.15, 0.2) is 0 Å². The van der Waals surface area contributed by atoms with Crippen molar-refractivity contribution >= 4 is 0 Å². The Balaban J connectivity index is 2.13. The van der Waals surface area contributed by atoms with Gasteiger partial charge in [0.25, 0.3) is 0 Å². The first-order chi connectivity index (χ1) is 3.97. The van der Waals surface area contributed by atoms with E-state index in [-0.39, 0.29) is 0 Å². The fourth-order valence-electron chi connectivity index (χ4n) is 2.98. The molecule has 0 N–H and O–H groups in total. The Morgan fingerprint density at radius 2 is 1.38 bits per heavy atom.